The normalized spacial score (nSPS) is 10.2. The van der Waals surface area contributed by atoms with Crippen LogP contribution in [-0.2, 0) is 11.3 Å². The molecule has 3 aromatic rings. The highest BCUT2D eigenvalue weighted by Gasteiger charge is 2.06. The maximum Gasteiger partial charge on any atom is 0.319 e. The summed E-state index contributed by atoms with van der Waals surface area (Å²) in [6.07, 6.45) is 1.55. The number of anilines is 2. The molecule has 0 bridgehead atoms. The number of hydrogen-bond donors (Lipinski definition) is 3. The maximum atomic E-state index is 12.0. The average Bonchev–Trinajstić information content (AvgIpc) is 3.21. The van der Waals surface area contributed by atoms with Crippen molar-refractivity contribution >= 4 is 23.3 Å². The number of benzene rings is 2. The standard InChI is InChI=1S/C21H21N3O4/c1-15-4-10-18(11-5-15)28-14-20(25)23-16-6-8-17(9-7-16)24-21(26)22-13-19-3-2-12-27-19/h2-12H,13-14H2,1H3,(H,23,25)(H2,22,24,26). The van der Waals surface area contributed by atoms with E-state index in [1.165, 1.54) is 0 Å². The Morgan fingerprint density at radius 1 is 0.929 bits per heavy atom. The first-order valence-electron chi connectivity index (χ1n) is 8.75. The summed E-state index contributed by atoms with van der Waals surface area (Å²) < 4.78 is 10.6. The van der Waals surface area contributed by atoms with Crippen LogP contribution in [0.3, 0.4) is 0 Å². The van der Waals surface area contributed by atoms with Crippen molar-refractivity contribution in [2.75, 3.05) is 17.2 Å². The van der Waals surface area contributed by atoms with Crippen LogP contribution in [0.1, 0.15) is 11.3 Å². The number of hydrogen-bond acceptors (Lipinski definition) is 4. The molecule has 0 atom stereocenters. The summed E-state index contributed by atoms with van der Waals surface area (Å²) in [5, 5.41) is 8.14. The van der Waals surface area contributed by atoms with Crippen molar-refractivity contribution in [3.63, 3.8) is 0 Å². The molecule has 3 rings (SSSR count). The first-order chi connectivity index (χ1) is 13.6. The minimum Gasteiger partial charge on any atom is -0.484 e. The Labute approximate surface area is 162 Å². The molecule has 144 valence electrons. The van der Waals surface area contributed by atoms with E-state index in [0.29, 0.717) is 29.4 Å². The van der Waals surface area contributed by atoms with Gasteiger partial charge in [0.25, 0.3) is 5.91 Å². The van der Waals surface area contributed by atoms with Gasteiger partial charge in [-0.3, -0.25) is 4.79 Å². The van der Waals surface area contributed by atoms with Gasteiger partial charge in [-0.1, -0.05) is 17.7 Å². The van der Waals surface area contributed by atoms with Gasteiger partial charge in [0.05, 0.1) is 12.8 Å². The molecule has 1 heterocycles. The number of urea groups is 1. The highest BCUT2D eigenvalue weighted by molar-refractivity contribution is 5.93. The van der Waals surface area contributed by atoms with Crippen LogP contribution in [0.5, 0.6) is 5.75 Å². The number of ether oxygens (including phenoxy) is 1. The fourth-order valence-corrected chi connectivity index (χ4v) is 2.37. The van der Waals surface area contributed by atoms with Gasteiger partial charge in [0.1, 0.15) is 11.5 Å². The molecule has 0 aliphatic heterocycles. The first kappa shape index (κ1) is 19.0. The van der Waals surface area contributed by atoms with Gasteiger partial charge in [0, 0.05) is 11.4 Å². The lowest BCUT2D eigenvalue weighted by Crippen LogP contribution is -2.28. The minimum absolute atomic E-state index is 0.0851. The van der Waals surface area contributed by atoms with Gasteiger partial charge in [-0.15, -0.1) is 0 Å². The van der Waals surface area contributed by atoms with Crippen molar-refractivity contribution in [3.05, 3.63) is 78.3 Å². The summed E-state index contributed by atoms with van der Waals surface area (Å²) in [4.78, 5) is 23.8. The van der Waals surface area contributed by atoms with E-state index < -0.39 is 0 Å². The molecule has 0 saturated carbocycles. The van der Waals surface area contributed by atoms with Crippen LogP contribution >= 0.6 is 0 Å². The molecule has 1 aromatic heterocycles. The van der Waals surface area contributed by atoms with Crippen molar-refractivity contribution < 1.29 is 18.7 Å². The van der Waals surface area contributed by atoms with Gasteiger partial charge in [-0.25, -0.2) is 4.79 Å². The molecule has 0 spiro atoms. The lowest BCUT2D eigenvalue weighted by molar-refractivity contribution is -0.118. The number of rotatable bonds is 7. The molecule has 0 radical (unpaired) electrons. The molecule has 2 aromatic carbocycles. The summed E-state index contributed by atoms with van der Waals surface area (Å²) in [5.41, 5.74) is 2.34. The largest absolute Gasteiger partial charge is 0.484 e. The van der Waals surface area contributed by atoms with Crippen molar-refractivity contribution in [3.8, 4) is 5.75 Å². The molecule has 3 N–H and O–H groups in total. The summed E-state index contributed by atoms with van der Waals surface area (Å²) >= 11 is 0. The van der Waals surface area contributed by atoms with Gasteiger partial charge in [-0.05, 0) is 55.5 Å². The predicted octanol–water partition coefficient (Wildman–Crippen LogP) is 3.93. The van der Waals surface area contributed by atoms with E-state index in [9.17, 15) is 9.59 Å². The van der Waals surface area contributed by atoms with E-state index in [-0.39, 0.29) is 18.5 Å². The van der Waals surface area contributed by atoms with Crippen molar-refractivity contribution in [2.24, 2.45) is 0 Å². The summed E-state index contributed by atoms with van der Waals surface area (Å²) in [7, 11) is 0. The third-order valence-corrected chi connectivity index (χ3v) is 3.82. The fraction of sp³-hybridized carbons (Fsp3) is 0.143. The zero-order chi connectivity index (χ0) is 19.8. The molecular formula is C21H21N3O4. The maximum absolute atomic E-state index is 12.0. The second-order valence-corrected chi connectivity index (χ2v) is 6.11. The lowest BCUT2D eigenvalue weighted by Gasteiger charge is -2.09. The minimum atomic E-state index is -0.348. The second kappa shape index (κ2) is 9.27. The molecule has 0 saturated heterocycles. The number of aryl methyl sites for hydroxylation is 1. The van der Waals surface area contributed by atoms with E-state index in [0.717, 1.165) is 5.56 Å². The Bertz CT molecular complexity index is 904. The van der Waals surface area contributed by atoms with Crippen LogP contribution in [-0.4, -0.2) is 18.5 Å². The molecule has 0 aliphatic rings. The van der Waals surface area contributed by atoms with Gasteiger partial charge in [0.15, 0.2) is 6.61 Å². The topological polar surface area (TPSA) is 92.6 Å². The van der Waals surface area contributed by atoms with E-state index in [1.54, 1.807) is 42.7 Å². The molecule has 28 heavy (non-hydrogen) atoms. The van der Waals surface area contributed by atoms with Crippen molar-refractivity contribution in [1.82, 2.24) is 5.32 Å². The number of nitrogens with one attached hydrogen (secondary N) is 3. The zero-order valence-corrected chi connectivity index (χ0v) is 15.4. The monoisotopic (exact) mass is 379 g/mol. The Balaban J connectivity index is 1.42. The van der Waals surface area contributed by atoms with E-state index in [1.807, 2.05) is 31.2 Å². The predicted molar refractivity (Wildman–Crippen MR) is 106 cm³/mol. The Morgan fingerprint density at radius 2 is 1.61 bits per heavy atom. The number of amides is 3. The second-order valence-electron chi connectivity index (χ2n) is 6.11. The van der Waals surface area contributed by atoms with Crippen molar-refractivity contribution in [1.29, 1.82) is 0 Å². The van der Waals surface area contributed by atoms with Gasteiger partial charge in [0.2, 0.25) is 0 Å². The highest BCUT2D eigenvalue weighted by Crippen LogP contribution is 2.14. The Morgan fingerprint density at radius 3 is 2.25 bits per heavy atom. The highest BCUT2D eigenvalue weighted by atomic mass is 16.5. The van der Waals surface area contributed by atoms with E-state index in [2.05, 4.69) is 16.0 Å². The molecule has 3 amide bonds. The molecule has 0 unspecified atom stereocenters. The number of carbonyl (C=O) groups is 2. The molecule has 0 fully saturated rings. The third kappa shape index (κ3) is 5.91. The Hall–Kier alpha value is -3.74. The van der Waals surface area contributed by atoms with E-state index >= 15 is 0 Å². The van der Waals surface area contributed by atoms with Gasteiger partial charge in [-0.2, -0.15) is 0 Å². The molecular weight excluding hydrogens is 358 g/mol. The third-order valence-electron chi connectivity index (χ3n) is 3.82. The van der Waals surface area contributed by atoms with Gasteiger partial charge >= 0.3 is 6.03 Å². The van der Waals surface area contributed by atoms with Crippen LogP contribution < -0.4 is 20.7 Å². The van der Waals surface area contributed by atoms with Crippen LogP contribution in [0.15, 0.2) is 71.3 Å². The number of carbonyl (C=O) groups excluding carboxylic acids is 2. The Kier molecular flexibility index (Phi) is 6.30. The molecule has 7 nitrogen and oxygen atoms in total. The molecule has 7 heteroatoms. The van der Waals surface area contributed by atoms with Crippen LogP contribution in [0.25, 0.3) is 0 Å². The SMILES string of the molecule is Cc1ccc(OCC(=O)Nc2ccc(NC(=O)NCc3ccco3)cc2)cc1. The lowest BCUT2D eigenvalue weighted by atomic mass is 10.2. The van der Waals surface area contributed by atoms with Crippen molar-refractivity contribution in [2.45, 2.75) is 13.5 Å². The number of furan rings is 1. The average molecular weight is 379 g/mol. The zero-order valence-electron chi connectivity index (χ0n) is 15.4. The van der Waals surface area contributed by atoms with Crippen LogP contribution in [0, 0.1) is 6.92 Å². The smallest absolute Gasteiger partial charge is 0.319 e. The van der Waals surface area contributed by atoms with E-state index in [4.69, 9.17) is 9.15 Å². The first-order valence-corrected chi connectivity index (χ1v) is 8.75. The van der Waals surface area contributed by atoms with Crippen LogP contribution in [0.2, 0.25) is 0 Å². The van der Waals surface area contributed by atoms with Crippen LogP contribution in [0.4, 0.5) is 16.2 Å². The fourth-order valence-electron chi connectivity index (χ4n) is 2.37. The molecule has 0 aliphatic carbocycles. The summed E-state index contributed by atoms with van der Waals surface area (Å²) in [6.45, 7) is 2.20. The summed E-state index contributed by atoms with van der Waals surface area (Å²) in [6, 6.07) is 17.5. The quantitative estimate of drug-likeness (QED) is 0.580. The van der Waals surface area contributed by atoms with Gasteiger partial charge < -0.3 is 25.1 Å². The summed E-state index contributed by atoms with van der Waals surface area (Å²) in [5.74, 6) is 1.04.